The van der Waals surface area contributed by atoms with Gasteiger partial charge < -0.3 is 14.7 Å². The Morgan fingerprint density at radius 2 is 2.18 bits per heavy atom. The first-order chi connectivity index (χ1) is 10.4. The molecule has 5 nitrogen and oxygen atoms in total. The number of halogens is 2. The average Bonchev–Trinajstić information content (AvgIpc) is 2.99. The summed E-state index contributed by atoms with van der Waals surface area (Å²) in [5.41, 5.74) is 0. The molecule has 0 aromatic heterocycles. The summed E-state index contributed by atoms with van der Waals surface area (Å²) < 4.78 is 31.6. The molecule has 1 N–H and O–H groups in total. The molecule has 3 atom stereocenters. The largest absolute Gasteiger partial charge is 0.394 e. The van der Waals surface area contributed by atoms with E-state index in [1.165, 1.54) is 7.11 Å². The molecule has 0 saturated carbocycles. The van der Waals surface area contributed by atoms with Gasteiger partial charge in [0.2, 0.25) is 5.91 Å². The summed E-state index contributed by atoms with van der Waals surface area (Å²) in [6.45, 7) is 3.13. The third-order valence-electron chi connectivity index (χ3n) is 4.95. The second-order valence-corrected chi connectivity index (χ2v) is 6.40. The number of rotatable bonds is 6. The van der Waals surface area contributed by atoms with Crippen LogP contribution in [0.4, 0.5) is 8.78 Å². The number of amides is 1. The monoisotopic (exact) mass is 320 g/mol. The Bertz CT molecular complexity index is 395. The lowest BCUT2D eigenvalue weighted by Crippen LogP contribution is -2.44. The van der Waals surface area contributed by atoms with Crippen molar-refractivity contribution in [3.8, 4) is 0 Å². The normalized spacial score (nSPS) is 31.9. The molecule has 2 heterocycles. The van der Waals surface area contributed by atoms with E-state index < -0.39 is 5.92 Å². The molecule has 1 amide bonds. The molecule has 0 aromatic carbocycles. The molecule has 0 spiro atoms. The van der Waals surface area contributed by atoms with Gasteiger partial charge in [-0.05, 0) is 11.8 Å². The topological polar surface area (TPSA) is 53.0 Å². The molecule has 7 heteroatoms. The van der Waals surface area contributed by atoms with E-state index in [0.29, 0.717) is 19.6 Å². The molecule has 0 aromatic rings. The van der Waals surface area contributed by atoms with Crippen LogP contribution in [-0.4, -0.2) is 79.3 Å². The Morgan fingerprint density at radius 3 is 2.68 bits per heavy atom. The molecule has 2 aliphatic rings. The minimum Gasteiger partial charge on any atom is -0.394 e. The maximum absolute atomic E-state index is 13.4. The minimum atomic E-state index is -2.61. The van der Waals surface area contributed by atoms with Gasteiger partial charge in [0.15, 0.2) is 0 Å². The number of aliphatic hydroxyl groups is 1. The van der Waals surface area contributed by atoms with Gasteiger partial charge in [-0.25, -0.2) is 8.78 Å². The van der Waals surface area contributed by atoms with Gasteiger partial charge in [-0.2, -0.15) is 0 Å². The van der Waals surface area contributed by atoms with Crippen LogP contribution in [-0.2, 0) is 9.53 Å². The van der Waals surface area contributed by atoms with Crippen molar-refractivity contribution in [1.82, 2.24) is 9.80 Å². The molecular formula is C15H26F2N2O3. The van der Waals surface area contributed by atoms with Crippen molar-refractivity contribution in [2.24, 2.45) is 11.8 Å². The van der Waals surface area contributed by atoms with Gasteiger partial charge in [0.1, 0.15) is 6.61 Å². The fraction of sp³-hybridized carbons (Fsp3) is 0.933. The summed E-state index contributed by atoms with van der Waals surface area (Å²) >= 11 is 0. The van der Waals surface area contributed by atoms with Gasteiger partial charge in [-0.3, -0.25) is 9.69 Å². The van der Waals surface area contributed by atoms with Gasteiger partial charge >= 0.3 is 0 Å². The number of nitrogens with zero attached hydrogens (tertiary/aromatic N) is 2. The van der Waals surface area contributed by atoms with Crippen molar-refractivity contribution < 1.29 is 23.4 Å². The quantitative estimate of drug-likeness (QED) is 0.787. The Balaban J connectivity index is 2.05. The molecule has 2 saturated heterocycles. The average molecular weight is 320 g/mol. The predicted molar refractivity (Wildman–Crippen MR) is 77.7 cm³/mol. The molecule has 2 aliphatic heterocycles. The standard InChI is InChI=1S/C15H26F2N2O3/c1-3-11-6-19(14(21)9-22-2)13(8-20)12(11)7-18-5-4-15(16,17)10-18/h11-13,20H,3-10H2,1-2H3/t11-,12-,13-/m1/s1. The number of likely N-dealkylation sites (tertiary alicyclic amines) is 2. The van der Waals surface area contributed by atoms with Crippen molar-refractivity contribution in [2.75, 3.05) is 46.5 Å². The number of carbonyl (C=O) groups is 1. The Hall–Kier alpha value is -0.790. The van der Waals surface area contributed by atoms with E-state index in [1.54, 1.807) is 9.80 Å². The molecular weight excluding hydrogens is 294 g/mol. The van der Waals surface area contributed by atoms with Crippen molar-refractivity contribution in [1.29, 1.82) is 0 Å². The Kier molecular flexibility index (Phi) is 5.74. The zero-order valence-electron chi connectivity index (χ0n) is 13.3. The van der Waals surface area contributed by atoms with Crippen LogP contribution in [0, 0.1) is 11.8 Å². The van der Waals surface area contributed by atoms with Gasteiger partial charge in [0.05, 0.1) is 19.2 Å². The summed E-state index contributed by atoms with van der Waals surface area (Å²) in [4.78, 5) is 15.5. The van der Waals surface area contributed by atoms with Crippen molar-refractivity contribution in [3.63, 3.8) is 0 Å². The molecule has 22 heavy (non-hydrogen) atoms. The maximum Gasteiger partial charge on any atom is 0.261 e. The summed E-state index contributed by atoms with van der Waals surface area (Å²) in [6, 6.07) is -0.304. The fourth-order valence-electron chi connectivity index (χ4n) is 3.76. The minimum absolute atomic E-state index is 0.0125. The number of methoxy groups -OCH3 is 1. The first-order valence-electron chi connectivity index (χ1n) is 7.91. The van der Waals surface area contributed by atoms with E-state index in [1.807, 2.05) is 6.92 Å². The lowest BCUT2D eigenvalue weighted by atomic mass is 9.88. The van der Waals surface area contributed by atoms with E-state index in [0.717, 1.165) is 6.42 Å². The summed E-state index contributed by atoms with van der Waals surface area (Å²) in [5.74, 6) is -2.49. The highest BCUT2D eigenvalue weighted by Gasteiger charge is 2.45. The summed E-state index contributed by atoms with van der Waals surface area (Å²) in [6.07, 6.45) is 0.759. The van der Waals surface area contributed by atoms with Gasteiger partial charge in [0.25, 0.3) is 5.92 Å². The van der Waals surface area contributed by atoms with Crippen molar-refractivity contribution >= 4 is 5.91 Å². The fourth-order valence-corrected chi connectivity index (χ4v) is 3.76. The van der Waals surface area contributed by atoms with E-state index in [-0.39, 0.29) is 50.0 Å². The van der Waals surface area contributed by atoms with Crippen LogP contribution in [0.15, 0.2) is 0 Å². The second kappa shape index (κ2) is 7.19. The highest BCUT2D eigenvalue weighted by atomic mass is 19.3. The Morgan fingerprint density at radius 1 is 1.45 bits per heavy atom. The van der Waals surface area contributed by atoms with Crippen molar-refractivity contribution in [3.05, 3.63) is 0 Å². The van der Waals surface area contributed by atoms with E-state index in [9.17, 15) is 18.7 Å². The van der Waals surface area contributed by atoms with Crippen LogP contribution in [0.3, 0.4) is 0 Å². The molecule has 0 unspecified atom stereocenters. The Labute approximate surface area is 130 Å². The zero-order valence-corrected chi connectivity index (χ0v) is 13.3. The van der Waals surface area contributed by atoms with Crippen LogP contribution in [0.5, 0.6) is 0 Å². The van der Waals surface area contributed by atoms with E-state index in [4.69, 9.17) is 4.74 Å². The highest BCUT2D eigenvalue weighted by molar-refractivity contribution is 5.78. The van der Waals surface area contributed by atoms with E-state index in [2.05, 4.69) is 0 Å². The summed E-state index contributed by atoms with van der Waals surface area (Å²) in [7, 11) is 1.46. The van der Waals surface area contributed by atoms with Crippen LogP contribution < -0.4 is 0 Å². The van der Waals surface area contributed by atoms with E-state index >= 15 is 0 Å². The number of hydrogen-bond donors (Lipinski definition) is 1. The number of aliphatic hydroxyl groups excluding tert-OH is 1. The van der Waals surface area contributed by atoms with Gasteiger partial charge in [0, 0.05) is 33.2 Å². The van der Waals surface area contributed by atoms with Gasteiger partial charge in [-0.1, -0.05) is 13.3 Å². The van der Waals surface area contributed by atoms with Crippen LogP contribution in [0.2, 0.25) is 0 Å². The number of carbonyl (C=O) groups excluding carboxylic acids is 1. The molecule has 0 radical (unpaired) electrons. The SMILES string of the molecule is CC[C@@H]1CN(C(=O)COC)[C@H](CO)[C@@H]1CN1CCC(F)(F)C1. The highest BCUT2D eigenvalue weighted by Crippen LogP contribution is 2.35. The zero-order chi connectivity index (χ0) is 16.3. The first kappa shape index (κ1) is 17.6. The summed E-state index contributed by atoms with van der Waals surface area (Å²) in [5, 5.41) is 9.71. The lowest BCUT2D eigenvalue weighted by molar-refractivity contribution is -0.137. The maximum atomic E-state index is 13.4. The predicted octanol–water partition coefficient (Wildman–Crippen LogP) is 0.819. The molecule has 0 bridgehead atoms. The molecule has 128 valence electrons. The van der Waals surface area contributed by atoms with Crippen molar-refractivity contribution in [2.45, 2.75) is 31.7 Å². The third kappa shape index (κ3) is 3.75. The second-order valence-electron chi connectivity index (χ2n) is 6.40. The number of ether oxygens (including phenoxy) is 1. The molecule has 0 aliphatic carbocycles. The number of alkyl halides is 2. The van der Waals surface area contributed by atoms with Crippen LogP contribution in [0.1, 0.15) is 19.8 Å². The lowest BCUT2D eigenvalue weighted by Gasteiger charge is -2.29. The van der Waals surface area contributed by atoms with Crippen LogP contribution in [0.25, 0.3) is 0 Å². The molecule has 2 rings (SSSR count). The first-order valence-corrected chi connectivity index (χ1v) is 7.91. The third-order valence-corrected chi connectivity index (χ3v) is 4.95. The number of hydrogen-bond acceptors (Lipinski definition) is 4. The molecule has 2 fully saturated rings. The van der Waals surface area contributed by atoms with Gasteiger partial charge in [-0.15, -0.1) is 0 Å². The smallest absolute Gasteiger partial charge is 0.261 e. The van der Waals surface area contributed by atoms with Crippen LogP contribution >= 0.6 is 0 Å².